The zero-order chi connectivity index (χ0) is 42.4. The molecule has 0 fully saturated rings. The van der Waals surface area contributed by atoms with Gasteiger partial charge in [-0.1, -0.05) is 66.9 Å². The van der Waals surface area contributed by atoms with Gasteiger partial charge in [0, 0.05) is 86.8 Å². The molecule has 0 saturated heterocycles. The van der Waals surface area contributed by atoms with Crippen molar-refractivity contribution in [2.45, 2.75) is 12.8 Å². The first-order valence-corrected chi connectivity index (χ1v) is 20.7. The van der Waals surface area contributed by atoms with Gasteiger partial charge in [0.1, 0.15) is 0 Å². The van der Waals surface area contributed by atoms with E-state index in [0.717, 1.165) is 60.1 Å². The number of benzene rings is 4. The summed E-state index contributed by atoms with van der Waals surface area (Å²) in [4.78, 5) is 30.1. The Hall–Kier alpha value is -6.58. The fourth-order valence-electron chi connectivity index (χ4n) is 7.77. The van der Waals surface area contributed by atoms with Crippen molar-refractivity contribution in [3.8, 4) is 22.9 Å². The fraction of sp³-hybridized carbons (Fsp3) is 0.0962. The van der Waals surface area contributed by atoms with Crippen molar-refractivity contribution in [1.82, 2.24) is 19.9 Å². The number of para-hydroxylation sites is 6. The van der Waals surface area contributed by atoms with E-state index in [1.807, 2.05) is 74.6 Å². The predicted octanol–water partition coefficient (Wildman–Crippen LogP) is 10.8. The predicted molar refractivity (Wildman–Crippen MR) is 248 cm³/mol. The summed E-state index contributed by atoms with van der Waals surface area (Å²) in [6, 6.07) is 56.3. The molecule has 0 spiro atoms. The molecular weight excluding hydrogens is 1170 g/mol. The van der Waals surface area contributed by atoms with Crippen molar-refractivity contribution in [1.29, 1.82) is 0 Å². The minimum atomic E-state index is 0. The number of pyridine rings is 4. The number of aromatic nitrogens is 4. The van der Waals surface area contributed by atoms with E-state index in [2.05, 4.69) is 154 Å². The molecule has 0 aliphatic carbocycles. The van der Waals surface area contributed by atoms with E-state index in [1.165, 1.54) is 17.1 Å². The molecule has 0 bridgehead atoms. The van der Waals surface area contributed by atoms with E-state index in [9.17, 15) is 0 Å². The Bertz CT molecular complexity index is 2690. The molecule has 3 aliphatic heterocycles. The van der Waals surface area contributed by atoms with Crippen LogP contribution in [-0.4, -0.2) is 40.1 Å². The number of unbranched alkanes of at least 4 members (excludes halogenated alkanes) is 1. The van der Waals surface area contributed by atoms with Crippen molar-refractivity contribution < 1.29 is 45.9 Å². The van der Waals surface area contributed by atoms with Crippen LogP contribution in [0.15, 0.2) is 159 Å². The molecule has 11 rings (SSSR count). The third-order valence-electron chi connectivity index (χ3n) is 10.7. The second-order valence-electron chi connectivity index (χ2n) is 14.8. The Kier molecular flexibility index (Phi) is 14.5. The van der Waals surface area contributed by atoms with Crippen LogP contribution < -0.4 is 34.1 Å². The summed E-state index contributed by atoms with van der Waals surface area (Å²) >= 11 is 0. The molecule has 331 valence electrons. The summed E-state index contributed by atoms with van der Waals surface area (Å²) in [5, 5.41) is 0. The monoisotopic (exact) mass is 1210 g/mol. The van der Waals surface area contributed by atoms with Crippen LogP contribution in [0.4, 0.5) is 51.2 Å². The average Bonchev–Trinajstić information content (AvgIpc) is 4.03. The second-order valence-corrected chi connectivity index (χ2v) is 14.8. The largest absolute Gasteiger partial charge is 0.510 e. The Morgan fingerprint density at radius 3 is 1.78 bits per heavy atom. The van der Waals surface area contributed by atoms with Gasteiger partial charge in [0.25, 0.3) is 0 Å². The summed E-state index contributed by atoms with van der Waals surface area (Å²) in [5.74, 6) is 1.15. The van der Waals surface area contributed by atoms with Gasteiger partial charge in [-0.2, -0.15) is 62.1 Å². The number of anilines is 9. The van der Waals surface area contributed by atoms with Gasteiger partial charge in [-0.3, -0.25) is 0 Å². The maximum Gasteiger partial charge on any atom is 0.0326 e. The number of rotatable bonds is 11. The Labute approximate surface area is 408 Å². The van der Waals surface area contributed by atoms with E-state index in [-0.39, 0.29) is 41.2 Å². The molecule has 0 saturated carbocycles. The molecule has 0 N–H and O–H groups in total. The van der Waals surface area contributed by atoms with Crippen molar-refractivity contribution in [2.75, 3.05) is 49.5 Å². The number of nitrogens with zero attached hydrogens (tertiary/aromatic N) is 10. The summed E-state index contributed by atoms with van der Waals surface area (Å²) in [6.07, 6.45) is 12.6. The van der Waals surface area contributed by atoms with Crippen molar-refractivity contribution >= 4 is 51.2 Å². The van der Waals surface area contributed by atoms with Crippen molar-refractivity contribution in [3.63, 3.8) is 0 Å². The van der Waals surface area contributed by atoms with E-state index < -0.39 is 0 Å². The molecule has 3 aliphatic rings. The topological polar surface area (TPSA) is 80.2 Å². The summed E-state index contributed by atoms with van der Waals surface area (Å²) in [5.41, 5.74) is 11.1. The number of fused-ring (bicyclic) bond motifs is 3. The van der Waals surface area contributed by atoms with Crippen LogP contribution in [-0.2, 0) is 41.2 Å². The maximum atomic E-state index is 6.01. The molecule has 0 amide bonds. The van der Waals surface area contributed by atoms with E-state index in [1.54, 1.807) is 36.9 Å². The Morgan fingerprint density at radius 1 is 0.508 bits per heavy atom. The second kappa shape index (κ2) is 20.9. The molecule has 4 aromatic carbocycles. The molecule has 1 radical (unpaired) electrons. The first kappa shape index (κ1) is 45.0. The molecule has 65 heavy (non-hydrogen) atoms. The molecule has 11 nitrogen and oxygen atoms in total. The number of hydrogen-bond donors (Lipinski definition) is 0. The van der Waals surface area contributed by atoms with Gasteiger partial charge < -0.3 is 54.1 Å². The molecule has 0 unspecified atom stereocenters. The summed E-state index contributed by atoms with van der Waals surface area (Å²) < 4.78 is 6.01. The molecule has 7 heterocycles. The standard InChI is InChI=1S/C28H24N6.C24H16N4O.Ir.Pt/c1-3-11-27-25(9-1)31(21-33(27)23-13-16-29-17-14-23)18-5-6-19-32-22-34(24-8-7-15-30-20-24)28-12-4-2-10-26(28)32;1-27-17-28(24-11-3-2-10-23(24)27)18-7-6-8-19(15-18)29-20-12-14-26-22(16-20)21-9-4-5-13-25-21;;/h1-4,7,9-13,15-17,20-22H,5-6,18-19H2;2-8,10-14,17H,1H3;;/q2*-4;;. The number of hydrogen-bond acceptors (Lipinski definition) is 11. The van der Waals surface area contributed by atoms with Crippen LogP contribution in [0.3, 0.4) is 0 Å². The van der Waals surface area contributed by atoms with Crippen LogP contribution in [0.2, 0.25) is 0 Å². The maximum absolute atomic E-state index is 6.01. The molecule has 13 heteroatoms. The molecule has 4 aromatic heterocycles. The van der Waals surface area contributed by atoms with Crippen molar-refractivity contribution in [3.05, 3.63) is 209 Å². The van der Waals surface area contributed by atoms with Gasteiger partial charge in [-0.05, 0) is 81.8 Å². The van der Waals surface area contributed by atoms with Crippen LogP contribution >= 0.6 is 0 Å². The number of ether oxygens (including phenoxy) is 1. The SMILES string of the molecule is CN1[CH-]N(c2[c-]c(Oc3[c-]c(-c4[c-]cccn4)ncc3)ccc2)c2ccccc21.[Ir].[Pt].[c-]1cnccc1N1[CH-]N(CCCCN2[CH-]N(c3[c-]ccnc3)c3ccccc32)c2ccccc21. The molecule has 0 atom stereocenters. The van der Waals surface area contributed by atoms with Crippen molar-refractivity contribution in [2.24, 2.45) is 0 Å². The third kappa shape index (κ3) is 9.91. The normalized spacial score (nSPS) is 13.2. The minimum Gasteiger partial charge on any atom is -0.510 e. The zero-order valence-corrected chi connectivity index (χ0v) is 39.8. The van der Waals surface area contributed by atoms with Gasteiger partial charge >= 0.3 is 0 Å². The van der Waals surface area contributed by atoms with Gasteiger partial charge in [0.2, 0.25) is 0 Å². The van der Waals surface area contributed by atoms with Gasteiger partial charge in [-0.15, -0.1) is 47.4 Å². The smallest absolute Gasteiger partial charge is 0.0326 e. The fourth-order valence-corrected chi connectivity index (χ4v) is 7.77. The third-order valence-corrected chi connectivity index (χ3v) is 10.7. The molecular formula is C52H40IrN10OPt-8. The van der Waals surface area contributed by atoms with Crippen LogP contribution in [0.1, 0.15) is 12.8 Å². The van der Waals surface area contributed by atoms with E-state index in [0.29, 0.717) is 22.9 Å². The van der Waals surface area contributed by atoms with Gasteiger partial charge in [-0.25, -0.2) is 12.1 Å². The Morgan fingerprint density at radius 2 is 1.14 bits per heavy atom. The van der Waals surface area contributed by atoms with Gasteiger partial charge in [0.15, 0.2) is 0 Å². The van der Waals surface area contributed by atoms with E-state index >= 15 is 0 Å². The zero-order valence-electron chi connectivity index (χ0n) is 35.1. The van der Waals surface area contributed by atoms with Crippen LogP contribution in [0.25, 0.3) is 11.4 Å². The summed E-state index contributed by atoms with van der Waals surface area (Å²) in [6.45, 7) is 8.28. The minimum absolute atomic E-state index is 0. The van der Waals surface area contributed by atoms with Gasteiger partial charge in [0.05, 0.1) is 0 Å². The molecule has 8 aromatic rings. The quantitative estimate of drug-likeness (QED) is 0.0918. The van der Waals surface area contributed by atoms with E-state index in [4.69, 9.17) is 4.74 Å². The average molecular weight is 1210 g/mol. The Balaban J connectivity index is 0.000000174. The summed E-state index contributed by atoms with van der Waals surface area (Å²) in [7, 11) is 2.03. The first-order chi connectivity index (χ1) is 31.2. The van der Waals surface area contributed by atoms with Crippen LogP contribution in [0.5, 0.6) is 11.5 Å². The van der Waals surface area contributed by atoms with Crippen LogP contribution in [0, 0.1) is 50.3 Å². The first-order valence-electron chi connectivity index (χ1n) is 20.7.